The van der Waals surface area contributed by atoms with Gasteiger partial charge in [0.05, 0.1) is 11.4 Å². The van der Waals surface area contributed by atoms with Crippen LogP contribution in [0.15, 0.2) is 59.0 Å². The predicted octanol–water partition coefficient (Wildman–Crippen LogP) is 3.14. The van der Waals surface area contributed by atoms with E-state index in [1.165, 1.54) is 6.26 Å². The molecule has 2 aromatic rings. The Balaban J connectivity index is 1.78. The van der Waals surface area contributed by atoms with E-state index in [2.05, 4.69) is 5.32 Å². The molecule has 0 bridgehead atoms. The number of para-hydroxylation sites is 1. The second-order valence-electron chi connectivity index (χ2n) is 6.72. The number of allylic oxidation sites excluding steroid dienone is 1. The summed E-state index contributed by atoms with van der Waals surface area (Å²) in [7, 11) is -3.22. The van der Waals surface area contributed by atoms with Gasteiger partial charge in [0.2, 0.25) is 5.91 Å². The highest BCUT2D eigenvalue weighted by Crippen LogP contribution is 2.38. The van der Waals surface area contributed by atoms with Gasteiger partial charge in [-0.1, -0.05) is 36.4 Å². The predicted molar refractivity (Wildman–Crippen MR) is 106 cm³/mol. The first-order valence-corrected chi connectivity index (χ1v) is 10.7. The number of ether oxygens (including phenoxy) is 1. The fourth-order valence-electron chi connectivity index (χ4n) is 3.04. The van der Waals surface area contributed by atoms with Crippen molar-refractivity contribution in [3.63, 3.8) is 0 Å². The van der Waals surface area contributed by atoms with Crippen molar-refractivity contribution in [1.29, 1.82) is 0 Å². The molecule has 0 aromatic heterocycles. The monoisotopic (exact) mass is 385 g/mol. The number of amides is 1. The molecule has 0 saturated heterocycles. The summed E-state index contributed by atoms with van der Waals surface area (Å²) in [6.07, 6.45) is 3.57. The third-order valence-corrected chi connectivity index (χ3v) is 5.83. The smallest absolute Gasteiger partial charge is 0.246 e. The number of carbonyl (C=O) groups excluding carboxylic acids is 1. The Morgan fingerprint density at radius 2 is 1.93 bits per heavy atom. The van der Waals surface area contributed by atoms with Crippen molar-refractivity contribution in [3.05, 3.63) is 59.7 Å². The number of hydrogen-bond donors (Lipinski definition) is 1. The van der Waals surface area contributed by atoms with Crippen LogP contribution in [0, 0.1) is 0 Å². The van der Waals surface area contributed by atoms with Gasteiger partial charge in [-0.25, -0.2) is 8.42 Å². The van der Waals surface area contributed by atoms with Crippen LogP contribution < -0.4 is 10.1 Å². The van der Waals surface area contributed by atoms with Crippen LogP contribution in [-0.2, 0) is 21.1 Å². The molecule has 0 spiro atoms. The molecule has 2 aromatic carbocycles. The number of fused-ring (bicyclic) bond motifs is 1. The summed E-state index contributed by atoms with van der Waals surface area (Å²) in [4.78, 5) is 12.2. The Kier molecular flexibility index (Phi) is 5.37. The third-order valence-electron chi connectivity index (χ3n) is 4.70. The van der Waals surface area contributed by atoms with Gasteiger partial charge in [0, 0.05) is 23.8 Å². The van der Waals surface area contributed by atoms with Crippen LogP contribution in [0.5, 0.6) is 5.75 Å². The van der Waals surface area contributed by atoms with E-state index in [4.69, 9.17) is 4.74 Å². The fraction of sp³-hybridized carbons (Fsp3) is 0.286. The van der Waals surface area contributed by atoms with Crippen LogP contribution in [0.2, 0.25) is 0 Å². The van der Waals surface area contributed by atoms with E-state index in [-0.39, 0.29) is 12.0 Å². The molecule has 1 aliphatic rings. The van der Waals surface area contributed by atoms with E-state index in [1.807, 2.05) is 25.1 Å². The average molecular weight is 385 g/mol. The summed E-state index contributed by atoms with van der Waals surface area (Å²) in [5, 5.41) is 2.89. The van der Waals surface area contributed by atoms with Crippen LogP contribution in [0.1, 0.15) is 19.4 Å². The first-order valence-electron chi connectivity index (χ1n) is 8.79. The van der Waals surface area contributed by atoms with Gasteiger partial charge in [-0.15, -0.1) is 0 Å². The van der Waals surface area contributed by atoms with Gasteiger partial charge >= 0.3 is 0 Å². The molecule has 1 aliphatic heterocycles. The van der Waals surface area contributed by atoms with Crippen molar-refractivity contribution in [2.45, 2.75) is 31.3 Å². The van der Waals surface area contributed by atoms with E-state index < -0.39 is 9.84 Å². The standard InChI is InChI=1S/C21H23NO4S/c1-4-14(2)21(23)22-13-17-12-16-6-5-7-19(20(16)26-17)15-8-10-18(11-9-15)27(3,24)25/h4-11,17H,12-13H2,1-3H3,(H,22,23)/b14-4+/t17-/m1/s1. The van der Waals surface area contributed by atoms with Gasteiger partial charge in [0.25, 0.3) is 0 Å². The normalized spacial score (nSPS) is 16.6. The van der Waals surface area contributed by atoms with Gasteiger partial charge in [0.15, 0.2) is 9.84 Å². The molecule has 142 valence electrons. The van der Waals surface area contributed by atoms with Crippen molar-refractivity contribution >= 4 is 15.7 Å². The summed E-state index contributed by atoms with van der Waals surface area (Å²) in [6, 6.07) is 12.7. The van der Waals surface area contributed by atoms with Crippen molar-refractivity contribution in [2.75, 3.05) is 12.8 Å². The second kappa shape index (κ2) is 7.56. The first kappa shape index (κ1) is 19.2. The molecule has 0 unspecified atom stereocenters. The summed E-state index contributed by atoms with van der Waals surface area (Å²) in [5.74, 6) is 0.709. The largest absolute Gasteiger partial charge is 0.487 e. The molecule has 0 aliphatic carbocycles. The summed E-state index contributed by atoms with van der Waals surface area (Å²) in [5.41, 5.74) is 3.58. The highest BCUT2D eigenvalue weighted by Gasteiger charge is 2.26. The zero-order valence-electron chi connectivity index (χ0n) is 15.7. The topological polar surface area (TPSA) is 72.5 Å². The van der Waals surface area contributed by atoms with E-state index >= 15 is 0 Å². The Hall–Kier alpha value is -2.60. The minimum absolute atomic E-state index is 0.0892. The fourth-order valence-corrected chi connectivity index (χ4v) is 3.67. The zero-order chi connectivity index (χ0) is 19.6. The van der Waals surface area contributed by atoms with Gasteiger partial charge < -0.3 is 10.1 Å². The summed E-state index contributed by atoms with van der Waals surface area (Å²) < 4.78 is 29.4. The van der Waals surface area contributed by atoms with Crippen LogP contribution in [0.4, 0.5) is 0 Å². The maximum Gasteiger partial charge on any atom is 0.246 e. The van der Waals surface area contributed by atoms with Crippen LogP contribution in [-0.4, -0.2) is 33.2 Å². The van der Waals surface area contributed by atoms with Crippen molar-refractivity contribution in [3.8, 4) is 16.9 Å². The molecule has 6 heteroatoms. The molecule has 1 atom stereocenters. The Bertz CT molecular complexity index is 991. The van der Waals surface area contributed by atoms with Crippen LogP contribution >= 0.6 is 0 Å². The minimum Gasteiger partial charge on any atom is -0.487 e. The highest BCUT2D eigenvalue weighted by atomic mass is 32.2. The second-order valence-corrected chi connectivity index (χ2v) is 8.73. The van der Waals surface area contributed by atoms with Crippen molar-refractivity contribution in [2.24, 2.45) is 0 Å². The molecule has 1 heterocycles. The van der Waals surface area contributed by atoms with Crippen LogP contribution in [0.3, 0.4) is 0 Å². The van der Waals surface area contributed by atoms with Gasteiger partial charge in [0.1, 0.15) is 11.9 Å². The Morgan fingerprint density at radius 3 is 2.56 bits per heavy atom. The Morgan fingerprint density at radius 1 is 1.22 bits per heavy atom. The third kappa shape index (κ3) is 4.22. The lowest BCUT2D eigenvalue weighted by Crippen LogP contribution is -2.34. The molecule has 0 radical (unpaired) electrons. The Labute approximate surface area is 160 Å². The lowest BCUT2D eigenvalue weighted by atomic mass is 10.0. The van der Waals surface area contributed by atoms with E-state index in [9.17, 15) is 13.2 Å². The zero-order valence-corrected chi connectivity index (χ0v) is 16.5. The quantitative estimate of drug-likeness (QED) is 0.803. The van der Waals surface area contributed by atoms with E-state index in [1.54, 1.807) is 37.3 Å². The number of sulfone groups is 1. The molecule has 1 N–H and O–H groups in total. The molecule has 0 saturated carbocycles. The molecular formula is C21H23NO4S. The van der Waals surface area contributed by atoms with Crippen molar-refractivity contribution < 1.29 is 17.9 Å². The lowest BCUT2D eigenvalue weighted by Gasteiger charge is -2.14. The number of rotatable bonds is 5. The molecule has 5 nitrogen and oxygen atoms in total. The lowest BCUT2D eigenvalue weighted by molar-refractivity contribution is -0.117. The maximum atomic E-state index is 11.9. The highest BCUT2D eigenvalue weighted by molar-refractivity contribution is 7.90. The van der Waals surface area contributed by atoms with Gasteiger partial charge in [-0.3, -0.25) is 4.79 Å². The molecule has 27 heavy (non-hydrogen) atoms. The maximum absolute atomic E-state index is 11.9. The van der Waals surface area contributed by atoms with Crippen LogP contribution in [0.25, 0.3) is 11.1 Å². The minimum atomic E-state index is -3.22. The van der Waals surface area contributed by atoms with E-state index in [0.717, 1.165) is 28.9 Å². The molecular weight excluding hydrogens is 362 g/mol. The average Bonchev–Trinajstić information content (AvgIpc) is 3.07. The summed E-state index contributed by atoms with van der Waals surface area (Å²) in [6.45, 7) is 4.04. The van der Waals surface area contributed by atoms with Gasteiger partial charge in [-0.2, -0.15) is 0 Å². The number of carbonyl (C=O) groups is 1. The van der Waals surface area contributed by atoms with E-state index in [0.29, 0.717) is 17.0 Å². The number of nitrogens with one attached hydrogen (secondary N) is 1. The molecule has 0 fully saturated rings. The van der Waals surface area contributed by atoms with Gasteiger partial charge in [-0.05, 0) is 37.1 Å². The molecule has 1 amide bonds. The van der Waals surface area contributed by atoms with Crippen molar-refractivity contribution in [1.82, 2.24) is 5.32 Å². The number of hydrogen-bond acceptors (Lipinski definition) is 4. The first-order chi connectivity index (χ1) is 12.8. The SMILES string of the molecule is C/C=C(\C)C(=O)NC[C@H]1Cc2cccc(-c3ccc(S(C)(=O)=O)cc3)c2O1. The number of benzene rings is 2. The molecule has 3 rings (SSSR count). The summed E-state index contributed by atoms with van der Waals surface area (Å²) >= 11 is 0.